The Labute approximate surface area is 253 Å². The SMILES string of the molecule is C=C(Nc1ccccc1NC(=O)c1ccc(CN(CCCNCC)C(=C)Nc2ccc(F)c(Cl)c2)cn1)OC(C)(C)C. The largest absolute Gasteiger partial charge is 0.474 e. The van der Waals surface area contributed by atoms with E-state index in [1.54, 1.807) is 24.4 Å². The number of hydrogen-bond acceptors (Lipinski definition) is 7. The number of rotatable bonds is 15. The van der Waals surface area contributed by atoms with Gasteiger partial charge in [0.1, 0.15) is 17.1 Å². The van der Waals surface area contributed by atoms with E-state index in [0.29, 0.717) is 41.9 Å². The Bertz CT molecular complexity index is 1370. The molecular formula is C32H40ClFN6O2. The number of nitrogens with one attached hydrogen (secondary N) is 4. The van der Waals surface area contributed by atoms with Crippen LogP contribution in [0.25, 0.3) is 0 Å². The van der Waals surface area contributed by atoms with Crippen molar-refractivity contribution in [1.29, 1.82) is 0 Å². The standard InChI is InChI=1S/C32H40ClFN6O2/c1-7-35-17-10-18-40(22(2)37-25-14-15-27(34)26(33)19-25)21-24-13-16-30(36-20-24)31(41)39-29-12-9-8-11-28(29)38-23(3)42-32(4,5)6/h8-9,11-16,19-20,35,37-38H,2-3,7,10,17-18,21H2,1,4-6H3,(H,39,41). The highest BCUT2D eigenvalue weighted by atomic mass is 35.5. The summed E-state index contributed by atoms with van der Waals surface area (Å²) >= 11 is 5.95. The van der Waals surface area contributed by atoms with Crippen LogP contribution in [0.1, 0.15) is 50.2 Å². The van der Waals surface area contributed by atoms with Crippen molar-refractivity contribution < 1.29 is 13.9 Å². The number of carbonyl (C=O) groups excluding carboxylic acids is 1. The van der Waals surface area contributed by atoms with E-state index in [1.807, 2.05) is 45.0 Å². The molecule has 42 heavy (non-hydrogen) atoms. The zero-order chi connectivity index (χ0) is 30.7. The lowest BCUT2D eigenvalue weighted by atomic mass is 10.2. The lowest BCUT2D eigenvalue weighted by Gasteiger charge is -2.28. The van der Waals surface area contributed by atoms with Crippen LogP contribution < -0.4 is 21.3 Å². The van der Waals surface area contributed by atoms with Crippen molar-refractivity contribution >= 4 is 34.6 Å². The molecule has 224 valence electrons. The number of aromatic nitrogens is 1. The monoisotopic (exact) mass is 594 g/mol. The van der Waals surface area contributed by atoms with Gasteiger partial charge in [-0.25, -0.2) is 4.39 Å². The lowest BCUT2D eigenvalue weighted by molar-refractivity contribution is 0.0565. The second-order valence-corrected chi connectivity index (χ2v) is 11.1. The molecule has 0 saturated heterocycles. The van der Waals surface area contributed by atoms with Gasteiger partial charge in [-0.1, -0.05) is 43.3 Å². The summed E-state index contributed by atoms with van der Waals surface area (Å²) in [6.07, 6.45) is 2.56. The number of para-hydroxylation sites is 2. The molecule has 1 amide bonds. The second-order valence-electron chi connectivity index (χ2n) is 10.6. The number of amides is 1. The van der Waals surface area contributed by atoms with Gasteiger partial charge in [-0.3, -0.25) is 9.78 Å². The van der Waals surface area contributed by atoms with Crippen LogP contribution in [0.4, 0.5) is 21.5 Å². The van der Waals surface area contributed by atoms with Crippen LogP contribution in [0.3, 0.4) is 0 Å². The minimum Gasteiger partial charge on any atom is -0.474 e. The molecule has 0 aliphatic rings. The molecule has 0 aliphatic carbocycles. The van der Waals surface area contributed by atoms with Crippen molar-refractivity contribution in [3.05, 3.63) is 108 Å². The van der Waals surface area contributed by atoms with Gasteiger partial charge in [-0.2, -0.15) is 0 Å². The van der Waals surface area contributed by atoms with Crippen LogP contribution in [-0.2, 0) is 11.3 Å². The van der Waals surface area contributed by atoms with E-state index in [4.69, 9.17) is 16.3 Å². The molecule has 1 aromatic heterocycles. The molecule has 8 nitrogen and oxygen atoms in total. The van der Waals surface area contributed by atoms with Crippen molar-refractivity contribution in [1.82, 2.24) is 15.2 Å². The summed E-state index contributed by atoms with van der Waals surface area (Å²) in [5, 5.41) is 12.6. The number of anilines is 3. The molecule has 0 fully saturated rings. The number of ether oxygens (including phenoxy) is 1. The highest BCUT2D eigenvalue weighted by molar-refractivity contribution is 6.31. The molecule has 0 radical (unpaired) electrons. The van der Waals surface area contributed by atoms with E-state index in [9.17, 15) is 9.18 Å². The number of carbonyl (C=O) groups is 1. The lowest BCUT2D eigenvalue weighted by Crippen LogP contribution is -2.29. The van der Waals surface area contributed by atoms with Crippen molar-refractivity contribution in [2.75, 3.05) is 35.6 Å². The Morgan fingerprint density at radius 1 is 1.05 bits per heavy atom. The fraction of sp³-hybridized carbons (Fsp3) is 0.312. The number of hydrogen-bond donors (Lipinski definition) is 4. The zero-order valence-corrected chi connectivity index (χ0v) is 25.4. The van der Waals surface area contributed by atoms with E-state index < -0.39 is 11.4 Å². The highest BCUT2D eigenvalue weighted by Gasteiger charge is 2.16. The molecule has 1 heterocycles. The maximum Gasteiger partial charge on any atom is 0.274 e. The molecule has 3 aromatic rings. The van der Waals surface area contributed by atoms with E-state index >= 15 is 0 Å². The van der Waals surface area contributed by atoms with E-state index in [1.165, 1.54) is 12.1 Å². The third kappa shape index (κ3) is 10.4. The normalized spacial score (nSPS) is 11.0. The molecule has 2 aromatic carbocycles. The predicted molar refractivity (Wildman–Crippen MR) is 170 cm³/mol. The first-order valence-electron chi connectivity index (χ1n) is 13.8. The van der Waals surface area contributed by atoms with Crippen molar-refractivity contribution in [2.24, 2.45) is 0 Å². The molecule has 4 N–H and O–H groups in total. The summed E-state index contributed by atoms with van der Waals surface area (Å²) < 4.78 is 19.4. The van der Waals surface area contributed by atoms with Gasteiger partial charge in [0.15, 0.2) is 5.88 Å². The third-order valence-corrected chi connectivity index (χ3v) is 6.22. The van der Waals surface area contributed by atoms with Crippen LogP contribution in [0, 0.1) is 5.82 Å². The Balaban J connectivity index is 1.67. The first-order chi connectivity index (χ1) is 19.9. The predicted octanol–water partition coefficient (Wildman–Crippen LogP) is 7.21. The maximum absolute atomic E-state index is 13.6. The first-order valence-corrected chi connectivity index (χ1v) is 14.2. The van der Waals surface area contributed by atoms with E-state index in [-0.39, 0.29) is 16.6 Å². The molecule has 3 rings (SSSR count). The van der Waals surface area contributed by atoms with Crippen LogP contribution in [0.5, 0.6) is 0 Å². The second kappa shape index (κ2) is 15.2. The molecule has 0 spiro atoms. The van der Waals surface area contributed by atoms with Gasteiger partial charge in [0.05, 0.1) is 22.2 Å². The van der Waals surface area contributed by atoms with Gasteiger partial charge in [-0.05, 0) is 88.8 Å². The number of nitrogens with zero attached hydrogens (tertiary/aromatic N) is 2. The van der Waals surface area contributed by atoms with Gasteiger partial charge in [-0.15, -0.1) is 0 Å². The highest BCUT2D eigenvalue weighted by Crippen LogP contribution is 2.25. The Kier molecular flexibility index (Phi) is 11.8. The third-order valence-electron chi connectivity index (χ3n) is 5.93. The molecule has 10 heteroatoms. The Hall–Kier alpha value is -4.08. The van der Waals surface area contributed by atoms with E-state index in [0.717, 1.165) is 25.1 Å². The van der Waals surface area contributed by atoms with Crippen LogP contribution in [0.2, 0.25) is 5.02 Å². The number of benzene rings is 2. The fourth-order valence-corrected chi connectivity index (χ4v) is 4.19. The average Bonchev–Trinajstić information content (AvgIpc) is 2.92. The topological polar surface area (TPSA) is 90.5 Å². The van der Waals surface area contributed by atoms with Crippen molar-refractivity contribution in [2.45, 2.75) is 46.3 Å². The zero-order valence-electron chi connectivity index (χ0n) is 24.7. The molecule has 0 aliphatic heterocycles. The average molecular weight is 595 g/mol. The minimum atomic E-state index is -0.481. The summed E-state index contributed by atoms with van der Waals surface area (Å²) in [7, 11) is 0. The van der Waals surface area contributed by atoms with Crippen LogP contribution >= 0.6 is 11.6 Å². The van der Waals surface area contributed by atoms with Gasteiger partial charge in [0, 0.05) is 25.0 Å². The quantitative estimate of drug-likeness (QED) is 0.109. The molecule has 0 unspecified atom stereocenters. The Morgan fingerprint density at radius 2 is 1.76 bits per heavy atom. The van der Waals surface area contributed by atoms with Crippen LogP contribution in [-0.4, -0.2) is 41.0 Å². The minimum absolute atomic E-state index is 0.0335. The molecule has 0 bridgehead atoms. The summed E-state index contributed by atoms with van der Waals surface area (Å²) in [6, 6.07) is 15.3. The smallest absolute Gasteiger partial charge is 0.274 e. The summed E-state index contributed by atoms with van der Waals surface area (Å²) in [5.41, 5.74) is 2.62. The maximum atomic E-state index is 13.6. The van der Waals surface area contributed by atoms with Crippen molar-refractivity contribution in [3.8, 4) is 0 Å². The summed E-state index contributed by atoms with van der Waals surface area (Å²) in [5.74, 6) is 0.183. The van der Waals surface area contributed by atoms with Crippen LogP contribution in [0.15, 0.2) is 85.7 Å². The van der Waals surface area contributed by atoms with E-state index in [2.05, 4.69) is 51.2 Å². The first kappa shape index (κ1) is 32.4. The summed E-state index contributed by atoms with van der Waals surface area (Å²) in [6.45, 7) is 18.9. The number of halogens is 2. The van der Waals surface area contributed by atoms with Gasteiger partial charge < -0.3 is 30.9 Å². The molecular weight excluding hydrogens is 555 g/mol. The van der Waals surface area contributed by atoms with Gasteiger partial charge in [0.25, 0.3) is 5.91 Å². The van der Waals surface area contributed by atoms with Gasteiger partial charge >= 0.3 is 0 Å². The number of pyridine rings is 1. The Morgan fingerprint density at radius 3 is 2.38 bits per heavy atom. The van der Waals surface area contributed by atoms with Gasteiger partial charge in [0.2, 0.25) is 0 Å². The van der Waals surface area contributed by atoms with Crippen molar-refractivity contribution in [3.63, 3.8) is 0 Å². The fourth-order valence-electron chi connectivity index (χ4n) is 4.01. The molecule has 0 saturated carbocycles. The summed E-state index contributed by atoms with van der Waals surface area (Å²) in [4.78, 5) is 19.5. The molecule has 0 atom stereocenters.